The molecule has 0 bridgehead atoms. The van der Waals surface area contributed by atoms with E-state index < -0.39 is 20.5 Å². The first kappa shape index (κ1) is 15.3. The lowest BCUT2D eigenvalue weighted by Crippen LogP contribution is -2.28. The highest BCUT2D eigenvalue weighted by atomic mass is 32.2. The molecule has 1 aliphatic rings. The van der Waals surface area contributed by atoms with Crippen LogP contribution >= 0.6 is 0 Å². The van der Waals surface area contributed by atoms with Crippen LogP contribution in [-0.4, -0.2) is 44.8 Å². The molecular formula is C14H21NO4S. The minimum Gasteiger partial charge on any atom is -0.497 e. The Morgan fingerprint density at radius 1 is 1.35 bits per heavy atom. The lowest BCUT2D eigenvalue weighted by molar-refractivity contribution is 0.212. The normalized spacial score (nSPS) is 29.2. The van der Waals surface area contributed by atoms with Gasteiger partial charge in [0, 0.05) is 23.6 Å². The van der Waals surface area contributed by atoms with Crippen LogP contribution in [-0.2, 0) is 9.84 Å². The van der Waals surface area contributed by atoms with Gasteiger partial charge in [0.05, 0.1) is 19.0 Å². The molecule has 0 spiro atoms. The maximum atomic E-state index is 12.2. The van der Waals surface area contributed by atoms with Crippen LogP contribution in [0.5, 0.6) is 5.75 Å². The highest BCUT2D eigenvalue weighted by Crippen LogP contribution is 2.62. The second kappa shape index (κ2) is 5.35. The number of hydrogen-bond donors (Lipinski definition) is 2. The summed E-state index contributed by atoms with van der Waals surface area (Å²) >= 11 is 0. The zero-order chi connectivity index (χ0) is 15.0. The van der Waals surface area contributed by atoms with Crippen molar-refractivity contribution in [2.24, 2.45) is 11.1 Å². The zero-order valence-corrected chi connectivity index (χ0v) is 12.6. The molecular weight excluding hydrogens is 278 g/mol. The van der Waals surface area contributed by atoms with Gasteiger partial charge in [-0.05, 0) is 17.7 Å². The molecule has 0 unspecified atom stereocenters. The van der Waals surface area contributed by atoms with Crippen molar-refractivity contribution in [3.05, 3.63) is 29.8 Å². The lowest BCUT2D eigenvalue weighted by Gasteiger charge is -2.11. The molecule has 0 amide bonds. The number of aliphatic hydroxyl groups excluding tert-OH is 1. The van der Waals surface area contributed by atoms with E-state index in [2.05, 4.69) is 0 Å². The average molecular weight is 299 g/mol. The van der Waals surface area contributed by atoms with Gasteiger partial charge in [-0.2, -0.15) is 0 Å². The summed E-state index contributed by atoms with van der Waals surface area (Å²) in [4.78, 5) is 0. The summed E-state index contributed by atoms with van der Waals surface area (Å²) in [5, 5.41) is 9.06. The third-order valence-electron chi connectivity index (χ3n) is 4.32. The molecule has 0 aromatic heterocycles. The Labute approximate surface area is 119 Å². The predicted octanol–water partition coefficient (Wildman–Crippen LogP) is 0.533. The Hall–Kier alpha value is -1.11. The second-order valence-corrected chi connectivity index (χ2v) is 7.63. The van der Waals surface area contributed by atoms with Crippen molar-refractivity contribution in [2.75, 3.05) is 26.0 Å². The maximum absolute atomic E-state index is 12.2. The van der Waals surface area contributed by atoms with Gasteiger partial charge in [-0.3, -0.25) is 0 Å². The number of ether oxygens (including phenoxy) is 1. The molecule has 20 heavy (non-hydrogen) atoms. The number of aliphatic hydroxyl groups is 1. The van der Waals surface area contributed by atoms with E-state index in [-0.39, 0.29) is 24.8 Å². The molecule has 0 aliphatic heterocycles. The van der Waals surface area contributed by atoms with Crippen molar-refractivity contribution >= 4 is 9.84 Å². The van der Waals surface area contributed by atoms with E-state index in [9.17, 15) is 13.5 Å². The number of benzene rings is 1. The Bertz CT molecular complexity index is 563. The van der Waals surface area contributed by atoms with Crippen molar-refractivity contribution in [1.82, 2.24) is 0 Å². The van der Waals surface area contributed by atoms with Gasteiger partial charge in [-0.25, -0.2) is 8.42 Å². The summed E-state index contributed by atoms with van der Waals surface area (Å²) in [5.74, 6) is 0.534. The molecule has 1 fully saturated rings. The van der Waals surface area contributed by atoms with Crippen LogP contribution in [0.1, 0.15) is 18.4 Å². The van der Waals surface area contributed by atoms with Gasteiger partial charge in [-0.1, -0.05) is 19.1 Å². The van der Waals surface area contributed by atoms with E-state index in [4.69, 9.17) is 10.5 Å². The zero-order valence-electron chi connectivity index (χ0n) is 11.7. The SMILES string of the molecule is CCS(=O)(=O)[C@@H]1[C@H](c2ccc(OC)cc2)[C@@]1(CN)CO. The smallest absolute Gasteiger partial charge is 0.154 e. The van der Waals surface area contributed by atoms with E-state index in [1.807, 2.05) is 12.1 Å². The molecule has 2 rings (SSSR count). The number of nitrogens with two attached hydrogens (primary N) is 1. The molecule has 0 saturated heterocycles. The highest BCUT2D eigenvalue weighted by Gasteiger charge is 2.69. The van der Waals surface area contributed by atoms with Crippen molar-refractivity contribution in [1.29, 1.82) is 0 Å². The summed E-state index contributed by atoms with van der Waals surface area (Å²) in [6.45, 7) is 1.56. The molecule has 1 saturated carbocycles. The van der Waals surface area contributed by atoms with Gasteiger partial charge < -0.3 is 15.6 Å². The van der Waals surface area contributed by atoms with Crippen LogP contribution in [0.2, 0.25) is 0 Å². The van der Waals surface area contributed by atoms with Gasteiger partial charge in [0.2, 0.25) is 0 Å². The van der Waals surface area contributed by atoms with Crippen LogP contribution in [0.3, 0.4) is 0 Å². The van der Waals surface area contributed by atoms with E-state index in [1.54, 1.807) is 26.2 Å². The quantitative estimate of drug-likeness (QED) is 0.800. The van der Waals surface area contributed by atoms with Crippen molar-refractivity contribution < 1.29 is 18.3 Å². The third kappa shape index (κ3) is 2.21. The minimum atomic E-state index is -3.24. The van der Waals surface area contributed by atoms with Crippen LogP contribution in [0.4, 0.5) is 0 Å². The number of methoxy groups -OCH3 is 1. The fourth-order valence-corrected chi connectivity index (χ4v) is 5.17. The summed E-state index contributed by atoms with van der Waals surface area (Å²) in [7, 11) is -1.66. The molecule has 3 N–H and O–H groups in total. The first-order valence-corrected chi connectivity index (χ1v) is 8.34. The molecule has 5 nitrogen and oxygen atoms in total. The molecule has 1 aromatic rings. The molecule has 6 heteroatoms. The molecule has 1 aliphatic carbocycles. The number of hydrogen-bond acceptors (Lipinski definition) is 5. The third-order valence-corrected chi connectivity index (χ3v) is 6.64. The Kier molecular flexibility index (Phi) is 4.09. The van der Waals surface area contributed by atoms with Crippen molar-refractivity contribution in [2.45, 2.75) is 18.1 Å². The van der Waals surface area contributed by atoms with Crippen LogP contribution in [0.25, 0.3) is 0 Å². The fourth-order valence-electron chi connectivity index (χ4n) is 3.01. The molecule has 0 radical (unpaired) electrons. The first-order valence-electron chi connectivity index (χ1n) is 6.63. The first-order chi connectivity index (χ1) is 9.46. The van der Waals surface area contributed by atoms with Crippen LogP contribution in [0, 0.1) is 5.41 Å². The number of rotatable bonds is 6. The summed E-state index contributed by atoms with van der Waals surface area (Å²) < 4.78 is 29.5. The van der Waals surface area contributed by atoms with Crippen LogP contribution in [0.15, 0.2) is 24.3 Å². The fraction of sp³-hybridized carbons (Fsp3) is 0.571. The van der Waals surface area contributed by atoms with Crippen LogP contribution < -0.4 is 10.5 Å². The Morgan fingerprint density at radius 2 is 1.95 bits per heavy atom. The monoisotopic (exact) mass is 299 g/mol. The Balaban J connectivity index is 2.38. The molecule has 3 atom stereocenters. The average Bonchev–Trinajstić information content (AvgIpc) is 3.18. The van der Waals surface area contributed by atoms with Gasteiger partial charge >= 0.3 is 0 Å². The van der Waals surface area contributed by atoms with E-state index in [1.165, 1.54) is 0 Å². The van der Waals surface area contributed by atoms with Crippen molar-refractivity contribution in [3.8, 4) is 5.75 Å². The second-order valence-electron chi connectivity index (χ2n) is 5.22. The minimum absolute atomic E-state index is 0.0616. The van der Waals surface area contributed by atoms with Gasteiger partial charge in [0.15, 0.2) is 9.84 Å². The predicted molar refractivity (Wildman–Crippen MR) is 77.6 cm³/mol. The van der Waals surface area contributed by atoms with Gasteiger partial charge in [-0.15, -0.1) is 0 Å². The van der Waals surface area contributed by atoms with E-state index in [0.29, 0.717) is 5.75 Å². The van der Waals surface area contributed by atoms with Crippen molar-refractivity contribution in [3.63, 3.8) is 0 Å². The molecule has 1 aromatic carbocycles. The number of sulfone groups is 1. The summed E-state index contributed by atoms with van der Waals surface area (Å²) in [6.07, 6.45) is 0. The molecule has 112 valence electrons. The molecule has 0 heterocycles. The summed E-state index contributed by atoms with van der Waals surface area (Å²) in [5.41, 5.74) is 5.89. The lowest BCUT2D eigenvalue weighted by atomic mass is 10.00. The summed E-state index contributed by atoms with van der Waals surface area (Å²) in [6, 6.07) is 7.27. The topological polar surface area (TPSA) is 89.6 Å². The van der Waals surface area contributed by atoms with Gasteiger partial charge in [0.25, 0.3) is 0 Å². The highest BCUT2D eigenvalue weighted by molar-refractivity contribution is 7.92. The maximum Gasteiger partial charge on any atom is 0.154 e. The van der Waals surface area contributed by atoms with Gasteiger partial charge in [0.1, 0.15) is 5.75 Å². The largest absolute Gasteiger partial charge is 0.497 e. The Morgan fingerprint density at radius 3 is 2.35 bits per heavy atom. The van der Waals surface area contributed by atoms with E-state index in [0.717, 1.165) is 5.56 Å². The standard InChI is InChI=1S/C14H21NO4S/c1-3-20(17,18)13-12(14(13,8-15)9-16)10-4-6-11(19-2)7-5-10/h4-7,12-13,16H,3,8-9,15H2,1-2H3/t12-,13+,14+/m0/s1. The van der Waals surface area contributed by atoms with E-state index >= 15 is 0 Å².